The number of carbonyl (C=O) groups excluding carboxylic acids is 1. The summed E-state index contributed by atoms with van der Waals surface area (Å²) in [6.45, 7) is 0. The number of fused-ring (bicyclic) bond motifs is 1. The average Bonchev–Trinajstić information content (AvgIpc) is 3.22. The number of benzene rings is 1. The van der Waals surface area contributed by atoms with Gasteiger partial charge in [0.2, 0.25) is 5.95 Å². The lowest BCUT2D eigenvalue weighted by Crippen LogP contribution is -2.13. The van der Waals surface area contributed by atoms with E-state index < -0.39 is 5.91 Å². The van der Waals surface area contributed by atoms with Gasteiger partial charge in [-0.2, -0.15) is 4.98 Å². The molecule has 0 saturated carbocycles. The maximum Gasteiger partial charge on any atom is 0.280 e. The van der Waals surface area contributed by atoms with Crippen LogP contribution in [0.1, 0.15) is 10.5 Å². The highest BCUT2D eigenvalue weighted by atomic mass is 16.5. The highest BCUT2D eigenvalue weighted by molar-refractivity contribution is 6.01. The molecule has 130 valence electrons. The van der Waals surface area contributed by atoms with Crippen LogP contribution in [0.25, 0.3) is 5.65 Å². The molecule has 4 aromatic rings. The van der Waals surface area contributed by atoms with Gasteiger partial charge >= 0.3 is 0 Å². The number of hydrogen-bond donors (Lipinski definition) is 2. The number of aryl methyl sites for hydroxylation is 1. The molecular formula is C16H14N8O2. The predicted octanol–water partition coefficient (Wildman–Crippen LogP) is 1.48. The molecule has 26 heavy (non-hydrogen) atoms. The zero-order valence-electron chi connectivity index (χ0n) is 13.7. The van der Waals surface area contributed by atoms with Crippen LogP contribution in [0.5, 0.6) is 11.5 Å². The van der Waals surface area contributed by atoms with Crippen molar-refractivity contribution in [2.24, 2.45) is 7.05 Å². The van der Waals surface area contributed by atoms with E-state index in [0.29, 0.717) is 22.8 Å². The maximum atomic E-state index is 12.1. The summed E-state index contributed by atoms with van der Waals surface area (Å²) in [7, 11) is 1.68. The van der Waals surface area contributed by atoms with Gasteiger partial charge in [0, 0.05) is 25.0 Å². The smallest absolute Gasteiger partial charge is 0.280 e. The van der Waals surface area contributed by atoms with Gasteiger partial charge < -0.3 is 10.5 Å². The van der Waals surface area contributed by atoms with Crippen molar-refractivity contribution in [1.29, 1.82) is 0 Å². The van der Waals surface area contributed by atoms with Crippen molar-refractivity contribution in [3.8, 4) is 11.5 Å². The van der Waals surface area contributed by atoms with Crippen LogP contribution in [-0.2, 0) is 7.05 Å². The molecule has 1 amide bonds. The van der Waals surface area contributed by atoms with Crippen molar-refractivity contribution >= 4 is 23.2 Å². The quantitative estimate of drug-likeness (QED) is 0.534. The van der Waals surface area contributed by atoms with Crippen molar-refractivity contribution in [3.05, 3.63) is 54.5 Å². The average molecular weight is 350 g/mol. The molecule has 0 aliphatic carbocycles. The van der Waals surface area contributed by atoms with Crippen LogP contribution in [-0.4, -0.2) is 35.5 Å². The summed E-state index contributed by atoms with van der Waals surface area (Å²) in [5, 5.41) is 14.2. The van der Waals surface area contributed by atoms with Gasteiger partial charge in [-0.15, -0.1) is 10.2 Å². The molecule has 0 radical (unpaired) electrons. The van der Waals surface area contributed by atoms with E-state index in [-0.39, 0.29) is 11.6 Å². The van der Waals surface area contributed by atoms with Crippen molar-refractivity contribution < 1.29 is 9.53 Å². The molecule has 10 nitrogen and oxygen atoms in total. The first-order chi connectivity index (χ1) is 12.6. The van der Waals surface area contributed by atoms with E-state index in [1.807, 2.05) is 0 Å². The lowest BCUT2D eigenvalue weighted by Gasteiger charge is -2.05. The second-order valence-corrected chi connectivity index (χ2v) is 5.50. The van der Waals surface area contributed by atoms with Gasteiger partial charge in [0.25, 0.3) is 5.91 Å². The Labute approximate surface area is 147 Å². The minimum Gasteiger partial charge on any atom is -0.457 e. The lowest BCUT2D eigenvalue weighted by atomic mass is 10.3. The first-order valence-electron chi connectivity index (χ1n) is 7.64. The topological polar surface area (TPSA) is 125 Å². The number of nitrogens with zero attached hydrogens (tertiary/aromatic N) is 6. The van der Waals surface area contributed by atoms with Crippen LogP contribution >= 0.6 is 0 Å². The van der Waals surface area contributed by atoms with E-state index in [1.54, 1.807) is 49.6 Å². The summed E-state index contributed by atoms with van der Waals surface area (Å²) >= 11 is 0. The number of nitrogen functional groups attached to an aromatic ring is 1. The lowest BCUT2D eigenvalue weighted by molar-refractivity contribution is 0.102. The Kier molecular flexibility index (Phi) is 3.69. The number of carbonyl (C=O) groups is 1. The zero-order valence-corrected chi connectivity index (χ0v) is 13.7. The Morgan fingerprint density at radius 1 is 1.19 bits per heavy atom. The summed E-state index contributed by atoms with van der Waals surface area (Å²) in [6.07, 6.45) is 3.19. The summed E-state index contributed by atoms with van der Waals surface area (Å²) in [6, 6.07) is 10.5. The van der Waals surface area contributed by atoms with E-state index in [2.05, 4.69) is 25.7 Å². The molecule has 3 N–H and O–H groups in total. The second kappa shape index (κ2) is 6.16. The molecule has 0 aliphatic heterocycles. The third kappa shape index (κ3) is 3.15. The molecule has 0 saturated heterocycles. The van der Waals surface area contributed by atoms with Crippen molar-refractivity contribution in [1.82, 2.24) is 29.6 Å². The van der Waals surface area contributed by atoms with E-state index in [9.17, 15) is 4.79 Å². The molecule has 3 heterocycles. The van der Waals surface area contributed by atoms with Gasteiger partial charge in [0.05, 0.1) is 6.20 Å². The first kappa shape index (κ1) is 15.6. The van der Waals surface area contributed by atoms with Crippen LogP contribution in [0.4, 0.5) is 11.6 Å². The van der Waals surface area contributed by atoms with Crippen LogP contribution in [0.3, 0.4) is 0 Å². The van der Waals surface area contributed by atoms with Crippen molar-refractivity contribution in [3.63, 3.8) is 0 Å². The molecule has 0 unspecified atom stereocenters. The van der Waals surface area contributed by atoms with Crippen molar-refractivity contribution in [2.75, 3.05) is 11.1 Å². The summed E-state index contributed by atoms with van der Waals surface area (Å²) < 4.78 is 8.73. The fraction of sp³-hybridized carbons (Fsp3) is 0.0625. The molecular weight excluding hydrogens is 336 g/mol. The second-order valence-electron chi connectivity index (χ2n) is 5.50. The highest BCUT2D eigenvalue weighted by Crippen LogP contribution is 2.23. The number of amides is 1. The zero-order chi connectivity index (χ0) is 18.1. The Morgan fingerprint density at radius 3 is 2.73 bits per heavy atom. The SMILES string of the molecule is Cn1cc(C(=O)Nc2nc3cc(Oc4ccc(N)cc4)ccn3n2)nn1. The molecule has 0 atom stereocenters. The third-order valence-electron chi connectivity index (χ3n) is 3.49. The van der Waals surface area contributed by atoms with Crippen LogP contribution < -0.4 is 15.8 Å². The van der Waals surface area contributed by atoms with Gasteiger partial charge in [0.15, 0.2) is 11.3 Å². The Hall–Kier alpha value is -3.95. The number of aromatic nitrogens is 6. The number of nitrogens with two attached hydrogens (primary N) is 1. The van der Waals surface area contributed by atoms with E-state index in [1.165, 1.54) is 15.4 Å². The fourth-order valence-electron chi connectivity index (χ4n) is 2.27. The van der Waals surface area contributed by atoms with Gasteiger partial charge in [-0.1, -0.05) is 5.21 Å². The van der Waals surface area contributed by atoms with E-state index in [0.717, 1.165) is 0 Å². The third-order valence-corrected chi connectivity index (χ3v) is 3.49. The minimum atomic E-state index is -0.438. The molecule has 0 bridgehead atoms. The minimum absolute atomic E-state index is 0.158. The summed E-state index contributed by atoms with van der Waals surface area (Å²) in [5.74, 6) is 0.957. The van der Waals surface area contributed by atoms with E-state index in [4.69, 9.17) is 10.5 Å². The van der Waals surface area contributed by atoms with Crippen molar-refractivity contribution in [2.45, 2.75) is 0 Å². The first-order valence-corrected chi connectivity index (χ1v) is 7.64. The maximum absolute atomic E-state index is 12.1. The van der Waals surface area contributed by atoms with E-state index >= 15 is 0 Å². The van der Waals surface area contributed by atoms with Gasteiger partial charge in [-0.05, 0) is 30.3 Å². The molecule has 4 rings (SSSR count). The Balaban J connectivity index is 1.53. The van der Waals surface area contributed by atoms with Crippen LogP contribution in [0, 0.1) is 0 Å². The molecule has 0 aliphatic rings. The number of rotatable bonds is 4. The highest BCUT2D eigenvalue weighted by Gasteiger charge is 2.13. The standard InChI is InChI=1S/C16H14N8O2/c1-23-9-13(20-22-23)15(25)19-16-18-14-8-12(6-7-24(14)21-16)26-11-4-2-10(17)3-5-11/h2-9H,17H2,1H3,(H,19,21,25). The van der Waals surface area contributed by atoms with Gasteiger partial charge in [0.1, 0.15) is 11.5 Å². The number of nitrogens with one attached hydrogen (secondary N) is 1. The predicted molar refractivity (Wildman–Crippen MR) is 92.9 cm³/mol. The Bertz CT molecular complexity index is 1080. The van der Waals surface area contributed by atoms with Crippen LogP contribution in [0.2, 0.25) is 0 Å². The number of ether oxygens (including phenoxy) is 1. The molecule has 10 heteroatoms. The summed E-state index contributed by atoms with van der Waals surface area (Å²) in [5.41, 5.74) is 7.02. The fourth-order valence-corrected chi connectivity index (χ4v) is 2.27. The largest absolute Gasteiger partial charge is 0.457 e. The monoisotopic (exact) mass is 350 g/mol. The number of pyridine rings is 1. The van der Waals surface area contributed by atoms with Gasteiger partial charge in [-0.25, -0.2) is 4.52 Å². The van der Waals surface area contributed by atoms with Gasteiger partial charge in [-0.3, -0.25) is 14.8 Å². The molecule has 1 aromatic carbocycles. The molecule has 0 fully saturated rings. The summed E-state index contributed by atoms with van der Waals surface area (Å²) in [4.78, 5) is 16.4. The molecule has 3 aromatic heterocycles. The number of anilines is 2. The molecule has 0 spiro atoms. The number of hydrogen-bond acceptors (Lipinski definition) is 7. The normalized spacial score (nSPS) is 10.8. The Morgan fingerprint density at radius 2 is 2.00 bits per heavy atom. The van der Waals surface area contributed by atoms with Crippen LogP contribution in [0.15, 0.2) is 48.8 Å².